The van der Waals surface area contributed by atoms with Crippen molar-refractivity contribution in [3.8, 4) is 0 Å². The second-order valence-electron chi connectivity index (χ2n) is 4.01. The van der Waals surface area contributed by atoms with Crippen LogP contribution in [0.5, 0.6) is 0 Å². The van der Waals surface area contributed by atoms with Gasteiger partial charge in [-0.15, -0.1) is 0 Å². The molecule has 0 aliphatic carbocycles. The molecule has 0 saturated heterocycles. The van der Waals surface area contributed by atoms with E-state index in [2.05, 4.69) is 15.9 Å². The van der Waals surface area contributed by atoms with Crippen LogP contribution in [-0.4, -0.2) is 13.1 Å². The number of halogens is 1. The van der Waals surface area contributed by atoms with Crippen LogP contribution in [0.2, 0.25) is 0 Å². The lowest BCUT2D eigenvalue weighted by atomic mass is 10.1. The summed E-state index contributed by atoms with van der Waals surface area (Å²) < 4.78 is 5.74. The number of hydrogen-bond donors (Lipinski definition) is 0. The zero-order chi connectivity index (χ0) is 13.7. The first-order valence-corrected chi connectivity index (χ1v) is 6.60. The highest BCUT2D eigenvalue weighted by molar-refractivity contribution is 9.10. The number of rotatable bonds is 3. The Balaban J connectivity index is 2.21. The maximum Gasteiger partial charge on any atom is 0.337 e. The number of benzene rings is 2. The molecule has 0 N–H and O–H groups in total. The summed E-state index contributed by atoms with van der Waals surface area (Å²) in [6.07, 6.45) is 3.97. The molecule has 0 amide bonds. The summed E-state index contributed by atoms with van der Waals surface area (Å²) in [4.78, 5) is 11.4. The van der Waals surface area contributed by atoms with Gasteiger partial charge in [-0.05, 0) is 35.4 Å². The molecule has 0 saturated carbocycles. The third-order valence-electron chi connectivity index (χ3n) is 2.62. The van der Waals surface area contributed by atoms with Crippen LogP contribution in [0.4, 0.5) is 0 Å². The Morgan fingerprint density at radius 2 is 1.68 bits per heavy atom. The predicted molar refractivity (Wildman–Crippen MR) is 80.9 cm³/mol. The zero-order valence-corrected chi connectivity index (χ0v) is 12.1. The van der Waals surface area contributed by atoms with E-state index >= 15 is 0 Å². The van der Waals surface area contributed by atoms with E-state index < -0.39 is 0 Å². The van der Waals surface area contributed by atoms with Gasteiger partial charge in [0.05, 0.1) is 12.7 Å². The van der Waals surface area contributed by atoms with Gasteiger partial charge >= 0.3 is 5.97 Å². The van der Waals surface area contributed by atoms with Crippen molar-refractivity contribution in [2.24, 2.45) is 0 Å². The van der Waals surface area contributed by atoms with Crippen LogP contribution in [0, 0.1) is 0 Å². The lowest BCUT2D eigenvalue weighted by Gasteiger charge is -2.00. The van der Waals surface area contributed by atoms with Gasteiger partial charge in [-0.2, -0.15) is 0 Å². The first-order chi connectivity index (χ1) is 9.19. The van der Waals surface area contributed by atoms with Crippen LogP contribution in [0.15, 0.2) is 53.0 Å². The molecular weight excluding hydrogens is 304 g/mol. The van der Waals surface area contributed by atoms with Crippen molar-refractivity contribution in [3.63, 3.8) is 0 Å². The number of ether oxygens (including phenoxy) is 1. The van der Waals surface area contributed by atoms with Gasteiger partial charge in [-0.25, -0.2) is 4.79 Å². The number of methoxy groups -OCH3 is 1. The molecule has 0 aromatic heterocycles. The van der Waals surface area contributed by atoms with Crippen LogP contribution in [-0.2, 0) is 4.74 Å². The minimum Gasteiger partial charge on any atom is -0.465 e. The van der Waals surface area contributed by atoms with Gasteiger partial charge in [0.2, 0.25) is 0 Å². The molecule has 2 aromatic carbocycles. The van der Waals surface area contributed by atoms with Gasteiger partial charge in [-0.1, -0.05) is 52.3 Å². The molecule has 0 aliphatic heterocycles. The van der Waals surface area contributed by atoms with Crippen molar-refractivity contribution in [1.82, 2.24) is 0 Å². The lowest BCUT2D eigenvalue weighted by Crippen LogP contribution is -2.00. The molecule has 0 atom stereocenters. The standard InChI is InChI=1S/C16H13BrO2/c1-19-16(18)14-6-2-4-12(10-14)8-9-13-5-3-7-15(17)11-13/h2-11H,1H3/b9-8+. The van der Waals surface area contributed by atoms with E-state index in [1.165, 1.54) is 7.11 Å². The van der Waals surface area contributed by atoms with E-state index in [4.69, 9.17) is 4.74 Å². The molecule has 0 aliphatic rings. The summed E-state index contributed by atoms with van der Waals surface area (Å²) in [5.41, 5.74) is 2.61. The van der Waals surface area contributed by atoms with E-state index in [9.17, 15) is 4.79 Å². The molecular formula is C16H13BrO2. The molecule has 2 aromatic rings. The van der Waals surface area contributed by atoms with E-state index in [-0.39, 0.29) is 5.97 Å². The van der Waals surface area contributed by atoms with Crippen LogP contribution < -0.4 is 0 Å². The molecule has 0 bridgehead atoms. The number of hydrogen-bond acceptors (Lipinski definition) is 2. The summed E-state index contributed by atoms with van der Waals surface area (Å²) in [6.45, 7) is 0. The van der Waals surface area contributed by atoms with Crippen LogP contribution in [0.3, 0.4) is 0 Å². The quantitative estimate of drug-likeness (QED) is 0.619. The van der Waals surface area contributed by atoms with Crippen LogP contribution >= 0.6 is 15.9 Å². The third kappa shape index (κ3) is 3.80. The highest BCUT2D eigenvalue weighted by Gasteiger charge is 2.03. The lowest BCUT2D eigenvalue weighted by molar-refractivity contribution is 0.0600. The van der Waals surface area contributed by atoms with E-state index in [0.717, 1.165) is 15.6 Å². The highest BCUT2D eigenvalue weighted by atomic mass is 79.9. The minimum absolute atomic E-state index is 0.322. The summed E-state index contributed by atoms with van der Waals surface area (Å²) in [5.74, 6) is -0.322. The predicted octanol–water partition coefficient (Wildman–Crippen LogP) is 4.41. The van der Waals surface area contributed by atoms with E-state index in [1.54, 1.807) is 12.1 Å². The number of esters is 1. The molecule has 0 unspecified atom stereocenters. The smallest absolute Gasteiger partial charge is 0.337 e. The molecule has 0 heterocycles. The van der Waals surface area contributed by atoms with Crippen molar-refractivity contribution in [3.05, 3.63) is 69.7 Å². The Hall–Kier alpha value is -1.87. The molecule has 19 heavy (non-hydrogen) atoms. The van der Waals surface area contributed by atoms with Gasteiger partial charge in [0.15, 0.2) is 0 Å². The Labute approximate surface area is 120 Å². The molecule has 0 fully saturated rings. The summed E-state index contributed by atoms with van der Waals surface area (Å²) >= 11 is 3.43. The Bertz CT molecular complexity index is 618. The maximum absolute atomic E-state index is 11.4. The fourth-order valence-corrected chi connectivity index (χ4v) is 2.11. The van der Waals surface area contributed by atoms with Crippen molar-refractivity contribution in [2.75, 3.05) is 7.11 Å². The second-order valence-corrected chi connectivity index (χ2v) is 4.92. The largest absolute Gasteiger partial charge is 0.465 e. The Morgan fingerprint density at radius 3 is 2.32 bits per heavy atom. The van der Waals surface area contributed by atoms with Gasteiger partial charge in [0.25, 0.3) is 0 Å². The number of carbonyl (C=O) groups excluding carboxylic acids is 1. The summed E-state index contributed by atoms with van der Waals surface area (Å²) in [5, 5.41) is 0. The average molecular weight is 317 g/mol. The van der Waals surface area contributed by atoms with E-state index in [0.29, 0.717) is 5.56 Å². The Kier molecular flexibility index (Phi) is 4.53. The second kappa shape index (κ2) is 6.34. The average Bonchev–Trinajstić information content (AvgIpc) is 2.45. The fraction of sp³-hybridized carbons (Fsp3) is 0.0625. The van der Waals surface area contributed by atoms with Crippen LogP contribution in [0.1, 0.15) is 21.5 Å². The van der Waals surface area contributed by atoms with Gasteiger partial charge in [0.1, 0.15) is 0 Å². The maximum atomic E-state index is 11.4. The van der Waals surface area contributed by atoms with Crippen molar-refractivity contribution >= 4 is 34.1 Å². The van der Waals surface area contributed by atoms with Crippen LogP contribution in [0.25, 0.3) is 12.2 Å². The topological polar surface area (TPSA) is 26.3 Å². The molecule has 0 spiro atoms. The summed E-state index contributed by atoms with van der Waals surface area (Å²) in [6, 6.07) is 15.3. The molecule has 96 valence electrons. The van der Waals surface area contributed by atoms with E-state index in [1.807, 2.05) is 48.6 Å². The van der Waals surface area contributed by atoms with Crippen molar-refractivity contribution in [2.45, 2.75) is 0 Å². The van der Waals surface area contributed by atoms with Crippen molar-refractivity contribution < 1.29 is 9.53 Å². The zero-order valence-electron chi connectivity index (χ0n) is 10.5. The molecule has 3 heteroatoms. The Morgan fingerprint density at radius 1 is 1.05 bits per heavy atom. The monoisotopic (exact) mass is 316 g/mol. The minimum atomic E-state index is -0.322. The SMILES string of the molecule is COC(=O)c1cccc(/C=C/c2cccc(Br)c2)c1. The molecule has 0 radical (unpaired) electrons. The summed E-state index contributed by atoms with van der Waals surface area (Å²) in [7, 11) is 1.38. The van der Waals surface area contributed by atoms with Crippen molar-refractivity contribution in [1.29, 1.82) is 0 Å². The number of carbonyl (C=O) groups is 1. The molecule has 2 rings (SSSR count). The van der Waals surface area contributed by atoms with Gasteiger partial charge in [-0.3, -0.25) is 0 Å². The van der Waals surface area contributed by atoms with Gasteiger partial charge in [0, 0.05) is 4.47 Å². The third-order valence-corrected chi connectivity index (χ3v) is 3.12. The normalized spacial score (nSPS) is 10.6. The molecule has 2 nitrogen and oxygen atoms in total. The highest BCUT2D eigenvalue weighted by Crippen LogP contribution is 2.15. The van der Waals surface area contributed by atoms with Gasteiger partial charge < -0.3 is 4.74 Å². The fourth-order valence-electron chi connectivity index (χ4n) is 1.69. The first kappa shape index (κ1) is 13.6. The first-order valence-electron chi connectivity index (χ1n) is 5.81.